The lowest BCUT2D eigenvalue weighted by Crippen LogP contribution is -2.46. The smallest absolute Gasteiger partial charge is 0.317 e. The van der Waals surface area contributed by atoms with Crippen LogP contribution in [0.2, 0.25) is 36.3 Å². The molecule has 0 aliphatic heterocycles. The molecule has 0 heterocycles. The van der Waals surface area contributed by atoms with Gasteiger partial charge < -0.3 is 8.85 Å². The summed E-state index contributed by atoms with van der Waals surface area (Å²) in [6.07, 6.45) is 0. The highest BCUT2D eigenvalue weighted by molar-refractivity contribution is 6.75. The van der Waals surface area contributed by atoms with E-state index >= 15 is 0 Å². The summed E-state index contributed by atoms with van der Waals surface area (Å²) in [4.78, 5) is 12.0. The van der Waals surface area contributed by atoms with Crippen molar-refractivity contribution in [1.82, 2.24) is 0 Å². The van der Waals surface area contributed by atoms with Crippen molar-refractivity contribution in [2.45, 2.75) is 77.8 Å². The summed E-state index contributed by atoms with van der Waals surface area (Å²) in [6.45, 7) is 21.4. The van der Waals surface area contributed by atoms with Crippen molar-refractivity contribution in [3.05, 3.63) is 0 Å². The quantitative estimate of drug-likeness (QED) is 0.714. The first-order valence-corrected chi connectivity index (χ1v) is 12.8. The first kappa shape index (κ1) is 18.9. The van der Waals surface area contributed by atoms with Gasteiger partial charge in [-0.15, -0.1) is 0 Å². The van der Waals surface area contributed by atoms with E-state index in [1.54, 1.807) is 0 Å². The summed E-state index contributed by atoms with van der Waals surface area (Å²) in [5, 5.41) is 0.157. The molecule has 0 aromatic rings. The van der Waals surface area contributed by atoms with Gasteiger partial charge in [0.05, 0.1) is 0 Å². The Morgan fingerprint density at radius 3 is 1.53 bits per heavy atom. The van der Waals surface area contributed by atoms with E-state index in [9.17, 15) is 4.79 Å². The fraction of sp³-hybridized carbons (Fsp3) is 0.929. The molecular formula is C14H32O3Si2. The third-order valence-corrected chi connectivity index (χ3v) is 13.4. The Balaban J connectivity index is 4.52. The van der Waals surface area contributed by atoms with E-state index in [-0.39, 0.29) is 22.7 Å². The topological polar surface area (TPSA) is 35.5 Å². The van der Waals surface area contributed by atoms with Gasteiger partial charge in [-0.2, -0.15) is 0 Å². The minimum atomic E-state index is -2.02. The standard InChI is InChI=1S/C14H32O3Si2/c1-13(2,3)18(7,8)16-11-12(15)17-19(9,10)14(4,5)6/h11H2,1-10H3. The van der Waals surface area contributed by atoms with Crippen molar-refractivity contribution < 1.29 is 13.6 Å². The predicted octanol–water partition coefficient (Wildman–Crippen LogP) is 4.56. The lowest BCUT2D eigenvalue weighted by Gasteiger charge is -2.38. The lowest BCUT2D eigenvalue weighted by molar-refractivity contribution is -0.138. The number of carbonyl (C=O) groups is 1. The van der Waals surface area contributed by atoms with E-state index in [1.165, 1.54) is 0 Å². The summed E-state index contributed by atoms with van der Waals surface area (Å²) < 4.78 is 11.6. The fourth-order valence-electron chi connectivity index (χ4n) is 0.923. The molecule has 0 atom stereocenters. The highest BCUT2D eigenvalue weighted by atomic mass is 28.4. The second-order valence-corrected chi connectivity index (χ2v) is 17.8. The number of rotatable bonds is 4. The summed E-state index contributed by atoms with van der Waals surface area (Å²) >= 11 is 0. The second kappa shape index (κ2) is 5.70. The van der Waals surface area contributed by atoms with Crippen LogP contribution in [0.25, 0.3) is 0 Å². The SMILES string of the molecule is CC(C)(C)[Si](C)(C)OCC(=O)O[Si](C)(C)C(C)(C)C. The maximum absolute atomic E-state index is 12.0. The molecule has 0 spiro atoms. The Morgan fingerprint density at radius 2 is 1.21 bits per heavy atom. The van der Waals surface area contributed by atoms with Gasteiger partial charge in [-0.05, 0) is 36.3 Å². The molecule has 3 nitrogen and oxygen atoms in total. The molecule has 0 saturated heterocycles. The van der Waals surface area contributed by atoms with Crippen LogP contribution in [0.3, 0.4) is 0 Å². The second-order valence-electron chi connectivity index (χ2n) is 8.28. The Bertz CT molecular complexity index is 323. The van der Waals surface area contributed by atoms with Crippen LogP contribution in [0.5, 0.6) is 0 Å². The van der Waals surface area contributed by atoms with Crippen molar-refractivity contribution in [1.29, 1.82) is 0 Å². The number of carbonyl (C=O) groups excluding carboxylic acids is 1. The molecule has 0 aromatic carbocycles. The van der Waals surface area contributed by atoms with E-state index in [0.717, 1.165) is 0 Å². The largest absolute Gasteiger partial charge is 0.517 e. The minimum Gasteiger partial charge on any atom is -0.517 e. The van der Waals surface area contributed by atoms with Gasteiger partial charge in [0, 0.05) is 0 Å². The average Bonchev–Trinajstić information content (AvgIpc) is 2.10. The van der Waals surface area contributed by atoms with Gasteiger partial charge in [0.2, 0.25) is 0 Å². The Labute approximate surface area is 121 Å². The van der Waals surface area contributed by atoms with Crippen molar-refractivity contribution in [3.63, 3.8) is 0 Å². The van der Waals surface area contributed by atoms with E-state index < -0.39 is 16.6 Å². The van der Waals surface area contributed by atoms with Crippen LogP contribution in [-0.4, -0.2) is 29.2 Å². The van der Waals surface area contributed by atoms with Crippen molar-refractivity contribution in [3.8, 4) is 0 Å². The van der Waals surface area contributed by atoms with Gasteiger partial charge in [0.15, 0.2) is 8.32 Å². The highest BCUT2D eigenvalue weighted by Crippen LogP contribution is 2.38. The first-order valence-electron chi connectivity index (χ1n) is 6.96. The predicted molar refractivity (Wildman–Crippen MR) is 86.4 cm³/mol. The molecule has 0 aliphatic rings. The zero-order chi connectivity index (χ0) is 15.7. The molecule has 0 aliphatic carbocycles. The van der Waals surface area contributed by atoms with Crippen molar-refractivity contribution in [2.75, 3.05) is 6.61 Å². The zero-order valence-electron chi connectivity index (χ0n) is 14.4. The lowest BCUT2D eigenvalue weighted by atomic mass is 10.2. The van der Waals surface area contributed by atoms with Gasteiger partial charge in [-0.3, -0.25) is 4.79 Å². The highest BCUT2D eigenvalue weighted by Gasteiger charge is 2.41. The van der Waals surface area contributed by atoms with Gasteiger partial charge in [-0.1, -0.05) is 41.5 Å². The third-order valence-electron chi connectivity index (χ3n) is 4.53. The first-order chi connectivity index (χ1) is 8.10. The van der Waals surface area contributed by atoms with Gasteiger partial charge in [0.25, 0.3) is 8.32 Å². The summed E-state index contributed by atoms with van der Waals surface area (Å²) in [5.74, 6) is -0.212. The average molecular weight is 305 g/mol. The Morgan fingerprint density at radius 1 is 0.842 bits per heavy atom. The summed E-state index contributed by atoms with van der Waals surface area (Å²) in [5.41, 5.74) is 0. The van der Waals surface area contributed by atoms with Crippen LogP contribution in [0, 0.1) is 0 Å². The Kier molecular flexibility index (Phi) is 5.66. The normalized spacial score (nSPS) is 14.4. The zero-order valence-corrected chi connectivity index (χ0v) is 16.4. The van der Waals surface area contributed by atoms with Crippen molar-refractivity contribution in [2.24, 2.45) is 0 Å². The monoisotopic (exact) mass is 304 g/mol. The maximum Gasteiger partial charge on any atom is 0.317 e. The summed E-state index contributed by atoms with van der Waals surface area (Å²) in [7, 11) is -3.90. The Hall–Kier alpha value is -0.136. The molecule has 0 rings (SSSR count). The van der Waals surface area contributed by atoms with Gasteiger partial charge in [0.1, 0.15) is 6.61 Å². The van der Waals surface area contributed by atoms with E-state index in [0.29, 0.717) is 0 Å². The van der Waals surface area contributed by atoms with Crippen LogP contribution in [0.15, 0.2) is 0 Å². The third kappa shape index (κ3) is 5.40. The molecule has 0 N–H and O–H groups in total. The van der Waals surface area contributed by atoms with Crippen LogP contribution < -0.4 is 0 Å². The van der Waals surface area contributed by atoms with Crippen LogP contribution >= 0.6 is 0 Å². The van der Waals surface area contributed by atoms with Crippen LogP contribution in [0.1, 0.15) is 41.5 Å². The number of hydrogen-bond donors (Lipinski definition) is 0. The van der Waals surface area contributed by atoms with Crippen LogP contribution in [0.4, 0.5) is 0 Å². The minimum absolute atomic E-state index is 0.0413. The van der Waals surface area contributed by atoms with E-state index in [2.05, 4.69) is 67.7 Å². The summed E-state index contributed by atoms with van der Waals surface area (Å²) in [6, 6.07) is 0. The molecule has 0 aromatic heterocycles. The van der Waals surface area contributed by atoms with Gasteiger partial charge in [-0.25, -0.2) is 0 Å². The molecule has 0 unspecified atom stereocenters. The molecule has 0 amide bonds. The van der Waals surface area contributed by atoms with Crippen molar-refractivity contribution >= 4 is 22.6 Å². The fourth-order valence-corrected chi connectivity index (χ4v) is 2.77. The molecule has 0 saturated carbocycles. The number of hydrogen-bond acceptors (Lipinski definition) is 3. The molecule has 0 bridgehead atoms. The molecular weight excluding hydrogens is 272 g/mol. The molecule has 0 radical (unpaired) electrons. The molecule has 0 fully saturated rings. The van der Waals surface area contributed by atoms with Gasteiger partial charge >= 0.3 is 5.97 Å². The van der Waals surface area contributed by atoms with E-state index in [1.807, 2.05) is 0 Å². The van der Waals surface area contributed by atoms with Crippen LogP contribution in [-0.2, 0) is 13.6 Å². The maximum atomic E-state index is 12.0. The molecule has 19 heavy (non-hydrogen) atoms. The van der Waals surface area contributed by atoms with E-state index in [4.69, 9.17) is 8.85 Å². The molecule has 5 heteroatoms. The molecule has 114 valence electrons.